The van der Waals surface area contributed by atoms with Gasteiger partial charge >= 0.3 is 0 Å². The summed E-state index contributed by atoms with van der Waals surface area (Å²) in [7, 11) is -3.82. The fraction of sp³-hybridized carbons (Fsp3) is 0.136. The van der Waals surface area contributed by atoms with Crippen LogP contribution in [0.4, 0.5) is 0 Å². The smallest absolute Gasteiger partial charge is 0.214 e. The minimum Gasteiger partial charge on any atom is -0.624 e. The van der Waals surface area contributed by atoms with Gasteiger partial charge in [0.2, 0.25) is 5.71 Å². The molecule has 1 aliphatic rings. The molecule has 4 nitrogen and oxygen atoms in total. The largest absolute Gasteiger partial charge is 0.624 e. The first-order chi connectivity index (χ1) is 13.5. The molecule has 0 N–H and O–H groups in total. The summed E-state index contributed by atoms with van der Waals surface area (Å²) in [5, 5.41) is 12.4. The molecule has 3 aromatic carbocycles. The summed E-state index contributed by atoms with van der Waals surface area (Å²) >= 11 is 6.38. The van der Waals surface area contributed by atoms with Gasteiger partial charge in [0.05, 0.1) is 10.8 Å². The van der Waals surface area contributed by atoms with Crippen LogP contribution in [0.5, 0.6) is 0 Å². The normalized spacial score (nSPS) is 19.8. The van der Waals surface area contributed by atoms with Crippen molar-refractivity contribution in [2.24, 2.45) is 0 Å². The molecule has 0 amide bonds. The Kier molecular flexibility index (Phi) is 4.96. The molecule has 1 heterocycles. The summed E-state index contributed by atoms with van der Waals surface area (Å²) in [6, 6.07) is 24.3. The van der Waals surface area contributed by atoms with Gasteiger partial charge in [-0.1, -0.05) is 66.2 Å². The van der Waals surface area contributed by atoms with E-state index in [-0.39, 0.29) is 17.2 Å². The van der Waals surface area contributed by atoms with Gasteiger partial charge in [0.1, 0.15) is 0 Å². The van der Waals surface area contributed by atoms with Gasteiger partial charge in [-0.25, -0.2) is 13.2 Å². The van der Waals surface area contributed by atoms with Crippen molar-refractivity contribution in [3.63, 3.8) is 0 Å². The van der Waals surface area contributed by atoms with Gasteiger partial charge < -0.3 is 5.21 Å². The van der Waals surface area contributed by atoms with Gasteiger partial charge in [0.15, 0.2) is 21.6 Å². The van der Waals surface area contributed by atoms with Crippen LogP contribution >= 0.6 is 11.6 Å². The Hall–Kier alpha value is -2.63. The topological polar surface area (TPSA) is 60.2 Å². The summed E-state index contributed by atoms with van der Waals surface area (Å²) < 4.78 is 28.1. The van der Waals surface area contributed by atoms with Crippen LogP contribution < -0.4 is 0 Å². The van der Waals surface area contributed by atoms with E-state index in [0.717, 1.165) is 4.74 Å². The first-order valence-electron chi connectivity index (χ1n) is 8.90. The molecule has 6 heteroatoms. The molecular formula is C22H18ClNO3S. The van der Waals surface area contributed by atoms with E-state index < -0.39 is 21.0 Å². The number of rotatable bonds is 4. The number of hydroxylamine groups is 1. The summed E-state index contributed by atoms with van der Waals surface area (Å²) in [5.41, 5.74) is 1.53. The maximum Gasteiger partial charge on any atom is 0.214 e. The summed E-state index contributed by atoms with van der Waals surface area (Å²) in [4.78, 5) is 0.195. The van der Waals surface area contributed by atoms with Crippen molar-refractivity contribution in [3.8, 4) is 0 Å². The van der Waals surface area contributed by atoms with Gasteiger partial charge in [0, 0.05) is 10.6 Å². The van der Waals surface area contributed by atoms with Gasteiger partial charge in [-0.3, -0.25) is 0 Å². The fourth-order valence-corrected chi connectivity index (χ4v) is 6.10. The van der Waals surface area contributed by atoms with Crippen molar-refractivity contribution >= 4 is 27.1 Å². The minimum absolute atomic E-state index is 0.0324. The third-order valence-corrected chi connectivity index (χ3v) is 7.54. The monoisotopic (exact) mass is 411 g/mol. The van der Waals surface area contributed by atoms with Crippen LogP contribution in [0.2, 0.25) is 5.02 Å². The molecular weight excluding hydrogens is 394 g/mol. The number of nitrogens with zero attached hydrogens (tertiary/aromatic N) is 1. The third-order valence-electron chi connectivity index (χ3n) is 5.05. The molecule has 142 valence electrons. The van der Waals surface area contributed by atoms with Crippen molar-refractivity contribution in [1.29, 1.82) is 0 Å². The van der Waals surface area contributed by atoms with Crippen LogP contribution in [0.25, 0.3) is 0 Å². The fourth-order valence-electron chi connectivity index (χ4n) is 3.78. The van der Waals surface area contributed by atoms with Crippen LogP contribution in [0, 0.1) is 5.21 Å². The molecule has 0 aromatic heterocycles. The molecule has 0 spiro atoms. The van der Waals surface area contributed by atoms with Crippen molar-refractivity contribution in [2.45, 2.75) is 16.1 Å². The number of hydrogen-bond donors (Lipinski definition) is 0. The second kappa shape index (κ2) is 7.41. The minimum atomic E-state index is -3.82. The Labute approximate surface area is 169 Å². The molecule has 4 rings (SSSR count). The predicted molar refractivity (Wildman–Crippen MR) is 111 cm³/mol. The Balaban J connectivity index is 1.92. The Bertz CT molecular complexity index is 1130. The quantitative estimate of drug-likeness (QED) is 0.475. The van der Waals surface area contributed by atoms with E-state index in [1.54, 1.807) is 72.8 Å². The highest BCUT2D eigenvalue weighted by atomic mass is 35.5. The highest BCUT2D eigenvalue weighted by Crippen LogP contribution is 2.38. The van der Waals surface area contributed by atoms with Crippen molar-refractivity contribution < 1.29 is 13.2 Å². The van der Waals surface area contributed by atoms with Crippen molar-refractivity contribution in [3.05, 3.63) is 106 Å². The first-order valence-corrected chi connectivity index (χ1v) is 10.8. The van der Waals surface area contributed by atoms with Gasteiger partial charge in [-0.2, -0.15) is 0 Å². The van der Waals surface area contributed by atoms with Gasteiger partial charge in [-0.15, -0.1) is 0 Å². The van der Waals surface area contributed by atoms with Crippen molar-refractivity contribution in [2.75, 3.05) is 6.54 Å². The lowest BCUT2D eigenvalue weighted by atomic mass is 9.93. The summed E-state index contributed by atoms with van der Waals surface area (Å²) in [6.07, 6.45) is 0. The van der Waals surface area contributed by atoms with E-state index in [4.69, 9.17) is 11.6 Å². The van der Waals surface area contributed by atoms with Gasteiger partial charge in [-0.05, 0) is 35.9 Å². The average Bonchev–Trinajstić information content (AvgIpc) is 3.07. The summed E-state index contributed by atoms with van der Waals surface area (Å²) in [6.45, 7) is 0.0324. The van der Waals surface area contributed by atoms with Crippen LogP contribution in [0.15, 0.2) is 89.8 Å². The van der Waals surface area contributed by atoms with Crippen LogP contribution in [0.1, 0.15) is 17.0 Å². The van der Waals surface area contributed by atoms with E-state index in [0.29, 0.717) is 16.1 Å². The average molecular weight is 412 g/mol. The number of sulfone groups is 1. The highest BCUT2D eigenvalue weighted by Gasteiger charge is 2.50. The van der Waals surface area contributed by atoms with Crippen LogP contribution in [-0.4, -0.2) is 30.7 Å². The molecule has 0 aliphatic carbocycles. The molecule has 28 heavy (non-hydrogen) atoms. The zero-order valence-corrected chi connectivity index (χ0v) is 16.5. The highest BCUT2D eigenvalue weighted by molar-refractivity contribution is 7.93. The molecule has 0 radical (unpaired) electrons. The molecule has 0 bridgehead atoms. The maximum atomic E-state index is 13.6. The third kappa shape index (κ3) is 3.21. The van der Waals surface area contributed by atoms with E-state index in [1.807, 2.05) is 12.1 Å². The number of halogens is 1. The molecule has 0 unspecified atom stereocenters. The maximum absolute atomic E-state index is 13.6. The van der Waals surface area contributed by atoms with E-state index in [9.17, 15) is 13.6 Å². The van der Waals surface area contributed by atoms with E-state index in [2.05, 4.69) is 0 Å². The Morgan fingerprint density at radius 2 is 1.43 bits per heavy atom. The Morgan fingerprint density at radius 1 is 0.857 bits per heavy atom. The molecule has 2 atom stereocenters. The number of hydrogen-bond acceptors (Lipinski definition) is 3. The zero-order valence-electron chi connectivity index (χ0n) is 14.9. The molecule has 0 saturated carbocycles. The zero-order chi connectivity index (χ0) is 19.7. The summed E-state index contributed by atoms with van der Waals surface area (Å²) in [5.74, 6) is -0.563. The Morgan fingerprint density at radius 3 is 2.07 bits per heavy atom. The standard InChI is InChI=1S/C22H18ClNO3S/c23-20-14-8-7-13-18(20)19-15-24(25)21(16-9-3-1-4-10-16)22(19)28(26,27)17-11-5-2-6-12-17/h1-14,19,22H,15H2/t19-,22-/m0/s1. The van der Waals surface area contributed by atoms with Crippen LogP contribution in [-0.2, 0) is 9.84 Å². The lowest BCUT2D eigenvalue weighted by Crippen LogP contribution is -2.34. The predicted octanol–water partition coefficient (Wildman–Crippen LogP) is 4.28. The molecule has 1 aliphatic heterocycles. The lowest BCUT2D eigenvalue weighted by molar-refractivity contribution is -0.450. The SMILES string of the molecule is O=S(=O)(c1ccccc1)[C@@H]1C(c2ccccc2)=[N+]([O-])C[C@H]1c1ccccc1Cl. The molecule has 3 aromatic rings. The van der Waals surface area contributed by atoms with Crippen molar-refractivity contribution in [1.82, 2.24) is 0 Å². The number of benzene rings is 3. The second-order valence-electron chi connectivity index (χ2n) is 6.72. The molecule has 0 fully saturated rings. The van der Waals surface area contributed by atoms with E-state index in [1.165, 1.54) is 0 Å². The van der Waals surface area contributed by atoms with Crippen LogP contribution in [0.3, 0.4) is 0 Å². The second-order valence-corrected chi connectivity index (χ2v) is 9.20. The lowest BCUT2D eigenvalue weighted by Gasteiger charge is -2.19. The first kappa shape index (κ1) is 18.7. The molecule has 0 saturated heterocycles. The van der Waals surface area contributed by atoms with E-state index >= 15 is 0 Å². The van der Waals surface area contributed by atoms with Gasteiger partial charge in [0.25, 0.3) is 0 Å².